The van der Waals surface area contributed by atoms with Crippen LogP contribution in [-0.4, -0.2) is 54.8 Å². The van der Waals surface area contributed by atoms with Gasteiger partial charge in [0.25, 0.3) is 0 Å². The third kappa shape index (κ3) is 12.6. The smallest absolute Gasteiger partial charge is 0.0595 e. The average molecular weight is 969 g/mol. The van der Waals surface area contributed by atoms with Crippen LogP contribution < -0.4 is 0 Å². The molecule has 0 spiro atoms. The summed E-state index contributed by atoms with van der Waals surface area (Å²) in [6.45, 7) is 8.26. The predicted molar refractivity (Wildman–Crippen MR) is 173 cm³/mol. The maximum Gasteiger partial charge on any atom is 0.0595 e. The molecule has 4 atom stereocenters. The second-order valence-corrected chi connectivity index (χ2v) is 10.8. The number of pyridine rings is 2. The molecule has 0 bridgehead atoms. The molecule has 246 valence electrons. The number of fused-ring (bicyclic) bond motifs is 1. The number of para-hydroxylation sites is 1. The molecular weight excluding hydrogens is 927 g/mol. The number of aromatic nitrogens is 2. The standard InChI is InChI=1S/C15H10N.C12H10N.C10H22O4.2Pt/c1-2-6-12(7-3-1)15-11-10-13-8-4-5-9-14(13)16-15;1-10-5-7-11(8-6-10)12-4-2-3-9-13-12;1-5(11)9(6(2)12)10(7(3)13)8(4)14;;/h1-6,8-11H;2-7,9H,1H3;5-14H,1-4H3;;/q2*-1;;;. The molecule has 0 amide bonds. The number of aliphatic hydroxyl groups is 4. The molecule has 0 aliphatic carbocycles. The van der Waals surface area contributed by atoms with E-state index in [4.69, 9.17) is 0 Å². The van der Waals surface area contributed by atoms with Crippen molar-refractivity contribution < 1.29 is 62.6 Å². The van der Waals surface area contributed by atoms with Gasteiger partial charge in [-0.15, -0.1) is 71.3 Å². The third-order valence-corrected chi connectivity index (χ3v) is 7.17. The van der Waals surface area contributed by atoms with E-state index < -0.39 is 36.3 Å². The molecule has 5 rings (SSSR count). The van der Waals surface area contributed by atoms with Crippen LogP contribution in [0.1, 0.15) is 33.3 Å². The van der Waals surface area contributed by atoms with Crippen LogP contribution in [0.3, 0.4) is 0 Å². The van der Waals surface area contributed by atoms with Crippen molar-refractivity contribution in [2.45, 2.75) is 59.0 Å². The first-order chi connectivity index (χ1) is 20.6. The summed E-state index contributed by atoms with van der Waals surface area (Å²) in [6.07, 6.45) is -1.25. The van der Waals surface area contributed by atoms with Crippen LogP contribution in [-0.2, 0) is 42.1 Å². The third-order valence-electron chi connectivity index (χ3n) is 7.17. The van der Waals surface area contributed by atoms with E-state index in [0.29, 0.717) is 0 Å². The molecule has 45 heavy (non-hydrogen) atoms. The number of aliphatic hydroxyl groups excluding tert-OH is 4. The zero-order chi connectivity index (χ0) is 31.4. The monoisotopic (exact) mass is 968 g/mol. The molecule has 0 radical (unpaired) electrons. The zero-order valence-corrected chi connectivity index (χ0v) is 30.6. The summed E-state index contributed by atoms with van der Waals surface area (Å²) in [5.74, 6) is -1.04. The fraction of sp³-hybridized carbons (Fsp3) is 0.297. The molecule has 4 N–H and O–H groups in total. The number of rotatable bonds is 7. The van der Waals surface area contributed by atoms with Crippen LogP contribution >= 0.6 is 0 Å². The molecular formula is C37H42N2O4Pt2-2. The fourth-order valence-corrected chi connectivity index (χ4v) is 5.05. The molecule has 4 unspecified atom stereocenters. The maximum absolute atomic E-state index is 9.47. The molecule has 0 fully saturated rings. The summed E-state index contributed by atoms with van der Waals surface area (Å²) in [4.78, 5) is 8.86. The molecule has 0 aliphatic heterocycles. The summed E-state index contributed by atoms with van der Waals surface area (Å²) in [6, 6.07) is 38.5. The van der Waals surface area contributed by atoms with Gasteiger partial charge < -0.3 is 25.4 Å². The quantitative estimate of drug-likeness (QED) is 0.143. The molecule has 2 heterocycles. The predicted octanol–water partition coefficient (Wildman–Crippen LogP) is 6.30. The van der Waals surface area contributed by atoms with Gasteiger partial charge in [-0.3, -0.25) is 4.98 Å². The summed E-state index contributed by atoms with van der Waals surface area (Å²) in [7, 11) is 0. The van der Waals surface area contributed by atoms with Crippen molar-refractivity contribution in [1.29, 1.82) is 0 Å². The Hall–Kier alpha value is -2.56. The Balaban J connectivity index is 0.000000332. The number of hydrogen-bond acceptors (Lipinski definition) is 6. The second-order valence-electron chi connectivity index (χ2n) is 10.8. The van der Waals surface area contributed by atoms with E-state index in [-0.39, 0.29) is 42.1 Å². The molecule has 0 aliphatic rings. The first-order valence-corrected chi connectivity index (χ1v) is 14.5. The van der Waals surface area contributed by atoms with Crippen molar-refractivity contribution in [2.75, 3.05) is 0 Å². The SMILES string of the molecule is CC(O)C(C(C)O)C(C(C)O)C(C)O.Cc1c[c-]c(-c2ccccn2)cc1.[Pt].[Pt].[c-]1ccccc1-c1ccc2ccccc2n1. The van der Waals surface area contributed by atoms with E-state index in [2.05, 4.69) is 47.2 Å². The number of aryl methyl sites for hydroxylation is 1. The van der Waals surface area contributed by atoms with Gasteiger partial charge in [0.05, 0.1) is 29.9 Å². The van der Waals surface area contributed by atoms with Crippen LogP contribution in [0, 0.1) is 30.9 Å². The minimum Gasteiger partial charge on any atom is -0.393 e. The minimum absolute atomic E-state index is 0. The van der Waals surface area contributed by atoms with Gasteiger partial charge in [0.15, 0.2) is 0 Å². The van der Waals surface area contributed by atoms with Gasteiger partial charge in [-0.25, -0.2) is 0 Å². The molecule has 8 heteroatoms. The van der Waals surface area contributed by atoms with Gasteiger partial charge in [0.2, 0.25) is 0 Å². The van der Waals surface area contributed by atoms with Gasteiger partial charge >= 0.3 is 0 Å². The van der Waals surface area contributed by atoms with E-state index in [1.165, 1.54) is 10.9 Å². The first kappa shape index (κ1) is 40.5. The molecule has 3 aromatic carbocycles. The van der Waals surface area contributed by atoms with E-state index in [1.807, 2.05) is 78.9 Å². The Bertz CT molecular complexity index is 1470. The van der Waals surface area contributed by atoms with E-state index in [1.54, 1.807) is 33.9 Å². The fourth-order valence-electron chi connectivity index (χ4n) is 5.05. The summed E-state index contributed by atoms with van der Waals surface area (Å²) < 4.78 is 0. The van der Waals surface area contributed by atoms with Crippen molar-refractivity contribution >= 4 is 10.9 Å². The van der Waals surface area contributed by atoms with Crippen molar-refractivity contribution in [3.8, 4) is 22.5 Å². The first-order valence-electron chi connectivity index (χ1n) is 14.5. The Morgan fingerprint density at radius 3 is 1.67 bits per heavy atom. The van der Waals surface area contributed by atoms with Crippen molar-refractivity contribution in [3.63, 3.8) is 0 Å². The molecule has 2 aromatic heterocycles. The topological polar surface area (TPSA) is 107 Å². The number of hydrogen-bond donors (Lipinski definition) is 4. The van der Waals surface area contributed by atoms with E-state index in [0.717, 1.165) is 28.0 Å². The average Bonchev–Trinajstić information content (AvgIpc) is 3.00. The second kappa shape index (κ2) is 20.5. The summed E-state index contributed by atoms with van der Waals surface area (Å²) in [5.41, 5.74) is 6.28. The zero-order valence-electron chi connectivity index (χ0n) is 26.1. The molecule has 5 aromatic rings. The van der Waals surface area contributed by atoms with Crippen molar-refractivity contribution in [3.05, 3.63) is 121 Å². The van der Waals surface area contributed by atoms with E-state index in [9.17, 15) is 20.4 Å². The minimum atomic E-state index is -0.760. The van der Waals surface area contributed by atoms with Crippen LogP contribution in [0.2, 0.25) is 0 Å². The Morgan fingerprint density at radius 2 is 1.16 bits per heavy atom. The molecule has 0 saturated carbocycles. The molecule has 6 nitrogen and oxygen atoms in total. The summed E-state index contributed by atoms with van der Waals surface area (Å²) >= 11 is 0. The van der Waals surface area contributed by atoms with Crippen molar-refractivity contribution in [2.24, 2.45) is 11.8 Å². The normalized spacial score (nSPS) is 14.3. The van der Waals surface area contributed by atoms with Crippen molar-refractivity contribution in [1.82, 2.24) is 9.97 Å². The van der Waals surface area contributed by atoms with Gasteiger partial charge in [-0.1, -0.05) is 49.4 Å². The largest absolute Gasteiger partial charge is 0.393 e. The Kier molecular flexibility index (Phi) is 18.5. The van der Waals surface area contributed by atoms with Crippen LogP contribution in [0.25, 0.3) is 33.4 Å². The van der Waals surface area contributed by atoms with Crippen LogP contribution in [0.15, 0.2) is 103 Å². The van der Waals surface area contributed by atoms with Gasteiger partial charge in [0.1, 0.15) is 0 Å². The van der Waals surface area contributed by atoms with Crippen LogP contribution in [0.4, 0.5) is 0 Å². The van der Waals surface area contributed by atoms with Gasteiger partial charge in [-0.05, 0) is 56.6 Å². The number of nitrogens with zero attached hydrogens (tertiary/aromatic N) is 2. The Morgan fingerprint density at radius 1 is 0.578 bits per heavy atom. The number of benzene rings is 3. The van der Waals surface area contributed by atoms with E-state index >= 15 is 0 Å². The van der Waals surface area contributed by atoms with Crippen LogP contribution in [0.5, 0.6) is 0 Å². The Labute approximate surface area is 296 Å². The van der Waals surface area contributed by atoms with Gasteiger partial charge in [-0.2, -0.15) is 0 Å². The molecule has 0 saturated heterocycles. The van der Waals surface area contributed by atoms with Gasteiger partial charge in [0, 0.05) is 60.2 Å². The summed E-state index contributed by atoms with van der Waals surface area (Å²) in [5, 5.41) is 39.0. The maximum atomic E-state index is 9.47.